The van der Waals surface area contributed by atoms with Crippen LogP contribution in [0.1, 0.15) is 18.1 Å². The van der Waals surface area contributed by atoms with E-state index in [1.165, 1.54) is 24.3 Å². The van der Waals surface area contributed by atoms with Gasteiger partial charge >= 0.3 is 0 Å². The topological polar surface area (TPSA) is 38.7 Å². The van der Waals surface area contributed by atoms with Gasteiger partial charge in [-0.15, -0.1) is 0 Å². The summed E-state index contributed by atoms with van der Waals surface area (Å²) in [6.07, 6.45) is 0. The maximum atomic E-state index is 14.4. The zero-order valence-electron chi connectivity index (χ0n) is 15.2. The third kappa shape index (κ3) is 4.46. The SMILES string of the molecule is CCOCc1ccc(-c2ccc(OCc3ccc(O)cc3F)cc2)c(F)c1F. The van der Waals surface area contributed by atoms with Gasteiger partial charge in [0.05, 0.1) is 6.61 Å². The minimum absolute atomic E-state index is 0.0140. The van der Waals surface area contributed by atoms with Gasteiger partial charge in [0.15, 0.2) is 11.6 Å². The molecule has 0 bridgehead atoms. The predicted molar refractivity (Wildman–Crippen MR) is 99.5 cm³/mol. The van der Waals surface area contributed by atoms with Crippen LogP contribution in [0.2, 0.25) is 0 Å². The largest absolute Gasteiger partial charge is 0.508 e. The fourth-order valence-electron chi connectivity index (χ4n) is 2.68. The summed E-state index contributed by atoms with van der Waals surface area (Å²) in [6, 6.07) is 13.2. The molecule has 3 aromatic rings. The van der Waals surface area contributed by atoms with Crippen molar-refractivity contribution in [3.8, 4) is 22.6 Å². The van der Waals surface area contributed by atoms with Gasteiger partial charge in [0.1, 0.15) is 23.9 Å². The van der Waals surface area contributed by atoms with Crippen LogP contribution in [0.4, 0.5) is 13.2 Å². The molecular weight excluding hydrogens is 369 g/mol. The Morgan fingerprint density at radius 3 is 2.21 bits per heavy atom. The van der Waals surface area contributed by atoms with Crippen molar-refractivity contribution in [2.45, 2.75) is 20.1 Å². The lowest BCUT2D eigenvalue weighted by Gasteiger charge is -2.11. The number of ether oxygens (including phenoxy) is 2. The molecule has 0 aliphatic heterocycles. The summed E-state index contributed by atoms with van der Waals surface area (Å²) in [5, 5.41) is 9.22. The highest BCUT2D eigenvalue weighted by atomic mass is 19.2. The van der Waals surface area contributed by atoms with Crippen molar-refractivity contribution in [1.82, 2.24) is 0 Å². The van der Waals surface area contributed by atoms with Gasteiger partial charge in [-0.3, -0.25) is 0 Å². The minimum Gasteiger partial charge on any atom is -0.508 e. The van der Waals surface area contributed by atoms with Crippen LogP contribution in [0, 0.1) is 17.5 Å². The van der Waals surface area contributed by atoms with Gasteiger partial charge in [-0.2, -0.15) is 0 Å². The molecule has 0 atom stereocenters. The van der Waals surface area contributed by atoms with Crippen molar-refractivity contribution >= 4 is 0 Å². The van der Waals surface area contributed by atoms with E-state index in [0.717, 1.165) is 6.07 Å². The first kappa shape index (κ1) is 19.8. The van der Waals surface area contributed by atoms with Crippen molar-refractivity contribution in [2.24, 2.45) is 0 Å². The highest BCUT2D eigenvalue weighted by molar-refractivity contribution is 5.65. The number of hydrogen-bond acceptors (Lipinski definition) is 3. The Labute approximate surface area is 161 Å². The number of halogens is 3. The van der Waals surface area contributed by atoms with Crippen LogP contribution in [0.25, 0.3) is 11.1 Å². The first-order chi connectivity index (χ1) is 13.5. The maximum absolute atomic E-state index is 14.4. The van der Waals surface area contributed by atoms with Crippen LogP contribution >= 0.6 is 0 Å². The average molecular weight is 388 g/mol. The molecule has 0 heterocycles. The standard InChI is InChI=1S/C22H19F3O3/c1-2-27-12-16-6-10-19(22(25)21(16)24)14-4-8-18(9-5-14)28-13-15-3-7-17(26)11-20(15)23/h3-11,26H,2,12-13H2,1H3. The molecule has 0 aliphatic rings. The monoisotopic (exact) mass is 388 g/mol. The van der Waals surface area contributed by atoms with E-state index in [1.807, 2.05) is 0 Å². The number of aromatic hydroxyl groups is 1. The van der Waals surface area contributed by atoms with Gasteiger partial charge in [-0.05, 0) is 36.8 Å². The lowest BCUT2D eigenvalue weighted by atomic mass is 10.0. The Kier molecular flexibility index (Phi) is 6.21. The number of phenols is 1. The Hall–Kier alpha value is -2.99. The van der Waals surface area contributed by atoms with E-state index in [4.69, 9.17) is 9.47 Å². The second kappa shape index (κ2) is 8.80. The van der Waals surface area contributed by atoms with E-state index in [2.05, 4.69) is 0 Å². The van der Waals surface area contributed by atoms with Crippen LogP contribution in [0.3, 0.4) is 0 Å². The molecule has 3 aromatic carbocycles. The summed E-state index contributed by atoms with van der Waals surface area (Å²) in [6.45, 7) is 2.18. The minimum atomic E-state index is -0.933. The third-order valence-corrected chi connectivity index (χ3v) is 4.22. The number of benzene rings is 3. The molecule has 0 spiro atoms. The first-order valence-electron chi connectivity index (χ1n) is 8.75. The molecule has 1 N–H and O–H groups in total. The van der Waals surface area contributed by atoms with E-state index >= 15 is 0 Å². The summed E-state index contributed by atoms with van der Waals surface area (Å²) in [5.74, 6) is -2.13. The molecule has 0 amide bonds. The lowest BCUT2D eigenvalue weighted by molar-refractivity contribution is 0.131. The molecule has 3 nitrogen and oxygen atoms in total. The van der Waals surface area contributed by atoms with E-state index in [-0.39, 0.29) is 30.1 Å². The van der Waals surface area contributed by atoms with Crippen molar-refractivity contribution in [3.63, 3.8) is 0 Å². The van der Waals surface area contributed by atoms with Crippen LogP contribution in [-0.2, 0) is 18.0 Å². The normalized spacial score (nSPS) is 10.9. The molecule has 146 valence electrons. The smallest absolute Gasteiger partial charge is 0.167 e. The Morgan fingerprint density at radius 2 is 1.54 bits per heavy atom. The number of hydrogen-bond donors (Lipinski definition) is 1. The van der Waals surface area contributed by atoms with E-state index in [9.17, 15) is 18.3 Å². The molecular formula is C22H19F3O3. The number of rotatable bonds is 7. The van der Waals surface area contributed by atoms with Crippen LogP contribution < -0.4 is 4.74 Å². The van der Waals surface area contributed by atoms with Crippen LogP contribution in [0.15, 0.2) is 54.6 Å². The zero-order chi connectivity index (χ0) is 20.1. The van der Waals surface area contributed by atoms with E-state index in [0.29, 0.717) is 23.5 Å². The van der Waals surface area contributed by atoms with Crippen LogP contribution in [0.5, 0.6) is 11.5 Å². The summed E-state index contributed by atoms with van der Waals surface area (Å²) in [7, 11) is 0. The van der Waals surface area contributed by atoms with Gasteiger partial charge in [0.2, 0.25) is 0 Å². The second-order valence-electron chi connectivity index (χ2n) is 6.13. The van der Waals surface area contributed by atoms with Crippen molar-refractivity contribution in [3.05, 3.63) is 83.2 Å². The summed E-state index contributed by atoms with van der Waals surface area (Å²) >= 11 is 0. The fraction of sp³-hybridized carbons (Fsp3) is 0.182. The van der Waals surface area contributed by atoms with Gasteiger partial charge in [0.25, 0.3) is 0 Å². The molecule has 6 heteroatoms. The average Bonchev–Trinajstić information content (AvgIpc) is 2.69. The number of phenolic OH excluding ortho intramolecular Hbond substituents is 1. The molecule has 0 aliphatic carbocycles. The maximum Gasteiger partial charge on any atom is 0.167 e. The second-order valence-corrected chi connectivity index (χ2v) is 6.13. The van der Waals surface area contributed by atoms with Gasteiger partial charge in [0, 0.05) is 29.4 Å². The van der Waals surface area contributed by atoms with E-state index in [1.54, 1.807) is 31.2 Å². The molecule has 3 rings (SSSR count). The molecule has 0 unspecified atom stereocenters. The van der Waals surface area contributed by atoms with Gasteiger partial charge in [-0.25, -0.2) is 13.2 Å². The Morgan fingerprint density at radius 1 is 0.821 bits per heavy atom. The fourth-order valence-corrected chi connectivity index (χ4v) is 2.68. The van der Waals surface area contributed by atoms with Crippen molar-refractivity contribution < 1.29 is 27.8 Å². The summed E-state index contributed by atoms with van der Waals surface area (Å²) < 4.78 is 52.9. The molecule has 0 saturated heterocycles. The summed E-state index contributed by atoms with van der Waals surface area (Å²) in [5.41, 5.74) is 1.08. The highest BCUT2D eigenvalue weighted by Gasteiger charge is 2.15. The van der Waals surface area contributed by atoms with Gasteiger partial charge < -0.3 is 14.6 Å². The van der Waals surface area contributed by atoms with E-state index < -0.39 is 17.5 Å². The molecule has 0 radical (unpaired) electrons. The highest BCUT2D eigenvalue weighted by Crippen LogP contribution is 2.28. The Balaban J connectivity index is 1.73. The predicted octanol–water partition coefficient (Wildman–Crippen LogP) is 5.59. The van der Waals surface area contributed by atoms with Gasteiger partial charge in [-0.1, -0.05) is 24.3 Å². The molecule has 28 heavy (non-hydrogen) atoms. The molecule has 0 aromatic heterocycles. The quantitative estimate of drug-likeness (QED) is 0.573. The molecule has 0 saturated carbocycles. The zero-order valence-corrected chi connectivity index (χ0v) is 15.2. The first-order valence-corrected chi connectivity index (χ1v) is 8.75. The Bertz CT molecular complexity index is 956. The summed E-state index contributed by atoms with van der Waals surface area (Å²) in [4.78, 5) is 0. The lowest BCUT2D eigenvalue weighted by Crippen LogP contribution is -2.00. The third-order valence-electron chi connectivity index (χ3n) is 4.22. The van der Waals surface area contributed by atoms with Crippen molar-refractivity contribution in [1.29, 1.82) is 0 Å². The molecule has 0 fully saturated rings. The van der Waals surface area contributed by atoms with Crippen molar-refractivity contribution in [2.75, 3.05) is 6.61 Å². The van der Waals surface area contributed by atoms with Crippen LogP contribution in [-0.4, -0.2) is 11.7 Å².